The van der Waals surface area contributed by atoms with E-state index in [4.69, 9.17) is 0 Å². The molecular formula is C30H38N4. The number of nitrogens with one attached hydrogen (secondary N) is 1. The number of rotatable bonds is 6. The summed E-state index contributed by atoms with van der Waals surface area (Å²) >= 11 is 0. The Kier molecular flexibility index (Phi) is 7.99. The summed E-state index contributed by atoms with van der Waals surface area (Å²) in [6, 6.07) is 12.7. The first-order chi connectivity index (χ1) is 16.2. The molecule has 1 heterocycles. The molecule has 0 radical (unpaired) electrons. The summed E-state index contributed by atoms with van der Waals surface area (Å²) in [7, 11) is 1.83. The van der Waals surface area contributed by atoms with Crippen LogP contribution in [0.2, 0.25) is 0 Å². The fourth-order valence-corrected chi connectivity index (χ4v) is 4.99. The van der Waals surface area contributed by atoms with E-state index >= 15 is 0 Å². The quantitative estimate of drug-likeness (QED) is 0.299. The smallest absolute Gasteiger partial charge is 0.129 e. The monoisotopic (exact) mass is 454 g/mol. The number of nitrogens with zero attached hydrogens (tertiary/aromatic N) is 3. The van der Waals surface area contributed by atoms with Gasteiger partial charge < -0.3 is 10.2 Å². The highest BCUT2D eigenvalue weighted by Crippen LogP contribution is 2.33. The number of allylic oxidation sites excluding steroid dienone is 2. The second-order valence-corrected chi connectivity index (χ2v) is 9.64. The van der Waals surface area contributed by atoms with E-state index in [0.717, 1.165) is 59.6 Å². The molecule has 3 rings (SSSR count). The van der Waals surface area contributed by atoms with Crippen molar-refractivity contribution in [2.75, 3.05) is 25.0 Å². The molecular weight excluding hydrogens is 416 g/mol. The highest BCUT2D eigenvalue weighted by Gasteiger charge is 2.23. The molecule has 0 aromatic heterocycles. The number of benzene rings is 2. The van der Waals surface area contributed by atoms with Gasteiger partial charge in [-0.15, -0.1) is 0 Å². The van der Waals surface area contributed by atoms with E-state index in [1.54, 1.807) is 0 Å². The molecule has 4 heteroatoms. The summed E-state index contributed by atoms with van der Waals surface area (Å²) in [5, 5.41) is 13.1. The summed E-state index contributed by atoms with van der Waals surface area (Å²) in [6.45, 7) is 21.0. The average Bonchev–Trinajstić information content (AvgIpc) is 2.82. The predicted octanol–water partition coefficient (Wildman–Crippen LogP) is 6.73. The minimum absolute atomic E-state index is 0.000959. The van der Waals surface area contributed by atoms with Crippen LogP contribution in [0.1, 0.15) is 73.0 Å². The SMILES string of the molecule is C=C(C)c1cc(C)c(N2CCC(C(=C)C)CC2)cc1/C(=N\C)N[C@H](C)c1cccc(C#N)c1C. The lowest BCUT2D eigenvalue weighted by Gasteiger charge is -2.35. The van der Waals surface area contributed by atoms with Crippen molar-refractivity contribution < 1.29 is 0 Å². The summed E-state index contributed by atoms with van der Waals surface area (Å²) in [5.74, 6) is 1.46. The second-order valence-electron chi connectivity index (χ2n) is 9.64. The van der Waals surface area contributed by atoms with Crippen molar-refractivity contribution >= 4 is 17.1 Å². The fraction of sp³-hybridized carbons (Fsp3) is 0.400. The van der Waals surface area contributed by atoms with E-state index in [2.05, 4.69) is 73.4 Å². The minimum atomic E-state index is 0.000959. The number of aliphatic imine (C=N–C) groups is 1. The van der Waals surface area contributed by atoms with Gasteiger partial charge in [-0.3, -0.25) is 4.99 Å². The van der Waals surface area contributed by atoms with E-state index in [9.17, 15) is 5.26 Å². The predicted molar refractivity (Wildman–Crippen MR) is 146 cm³/mol. The molecule has 0 unspecified atom stereocenters. The zero-order chi connectivity index (χ0) is 25.0. The molecule has 1 saturated heterocycles. The number of hydrogen-bond acceptors (Lipinski definition) is 3. The molecule has 0 saturated carbocycles. The molecule has 0 aliphatic carbocycles. The average molecular weight is 455 g/mol. The van der Waals surface area contributed by atoms with Crippen molar-refractivity contribution in [3.8, 4) is 6.07 Å². The molecule has 0 bridgehead atoms. The first-order valence-corrected chi connectivity index (χ1v) is 12.1. The number of amidine groups is 1. The Bertz CT molecular complexity index is 1160. The van der Waals surface area contributed by atoms with Crippen LogP contribution in [0.4, 0.5) is 5.69 Å². The molecule has 1 N–H and O–H groups in total. The highest BCUT2D eigenvalue weighted by atomic mass is 15.1. The van der Waals surface area contributed by atoms with Gasteiger partial charge in [-0.1, -0.05) is 36.4 Å². The second kappa shape index (κ2) is 10.7. The lowest BCUT2D eigenvalue weighted by atomic mass is 9.89. The molecule has 1 atom stereocenters. The standard InChI is InChI=1S/C30H38N4/c1-19(2)24-12-14-34(15-13-24)29-17-28(27(20(3)4)16-21(29)5)30(32-8)33-23(7)26-11-9-10-25(18-31)22(26)6/h9-11,16-17,23-24H,1,3,12-15H2,2,4-8H3,(H,32,33)/t23-/m1/s1. The summed E-state index contributed by atoms with van der Waals surface area (Å²) in [6.07, 6.45) is 2.29. The van der Waals surface area contributed by atoms with Crippen LogP contribution in [-0.2, 0) is 0 Å². The van der Waals surface area contributed by atoms with Crippen molar-refractivity contribution in [3.63, 3.8) is 0 Å². The van der Waals surface area contributed by atoms with Crippen LogP contribution in [-0.4, -0.2) is 26.0 Å². The normalized spacial score (nSPS) is 15.6. The third-order valence-electron chi connectivity index (χ3n) is 7.12. The third-order valence-corrected chi connectivity index (χ3v) is 7.12. The third kappa shape index (κ3) is 5.25. The summed E-state index contributed by atoms with van der Waals surface area (Å²) in [4.78, 5) is 7.16. The topological polar surface area (TPSA) is 51.4 Å². The van der Waals surface area contributed by atoms with Gasteiger partial charge in [0.25, 0.3) is 0 Å². The van der Waals surface area contributed by atoms with Crippen molar-refractivity contribution in [2.24, 2.45) is 10.9 Å². The van der Waals surface area contributed by atoms with Crippen molar-refractivity contribution in [2.45, 2.75) is 53.5 Å². The molecule has 34 heavy (non-hydrogen) atoms. The van der Waals surface area contributed by atoms with Crippen LogP contribution in [0.5, 0.6) is 0 Å². The van der Waals surface area contributed by atoms with Crippen molar-refractivity contribution in [1.29, 1.82) is 5.26 Å². The number of nitriles is 1. The molecule has 1 fully saturated rings. The lowest BCUT2D eigenvalue weighted by molar-refractivity contribution is 0.459. The Morgan fingerprint density at radius 1 is 1.15 bits per heavy atom. The van der Waals surface area contributed by atoms with Gasteiger partial charge >= 0.3 is 0 Å². The molecule has 1 aliphatic rings. The summed E-state index contributed by atoms with van der Waals surface area (Å²) in [5.41, 5.74) is 9.83. The highest BCUT2D eigenvalue weighted by molar-refractivity contribution is 6.04. The summed E-state index contributed by atoms with van der Waals surface area (Å²) < 4.78 is 0. The number of hydrogen-bond donors (Lipinski definition) is 1. The van der Waals surface area contributed by atoms with E-state index in [0.29, 0.717) is 11.5 Å². The van der Waals surface area contributed by atoms with Crippen molar-refractivity contribution in [1.82, 2.24) is 5.32 Å². The largest absolute Gasteiger partial charge is 0.371 e. The number of anilines is 1. The number of piperidine rings is 1. The van der Waals surface area contributed by atoms with Gasteiger partial charge in [0.2, 0.25) is 0 Å². The molecule has 0 spiro atoms. The maximum absolute atomic E-state index is 9.44. The van der Waals surface area contributed by atoms with Crippen LogP contribution in [0.3, 0.4) is 0 Å². The molecule has 1 aliphatic heterocycles. The Morgan fingerprint density at radius 3 is 2.38 bits per heavy atom. The van der Waals surface area contributed by atoms with E-state index in [1.165, 1.54) is 16.8 Å². The van der Waals surface area contributed by atoms with Gasteiger partial charge in [0.05, 0.1) is 17.7 Å². The van der Waals surface area contributed by atoms with Crippen LogP contribution in [0, 0.1) is 31.1 Å². The van der Waals surface area contributed by atoms with Crippen molar-refractivity contribution in [3.05, 3.63) is 82.4 Å². The maximum atomic E-state index is 9.44. The van der Waals surface area contributed by atoms with E-state index in [1.807, 2.05) is 33.0 Å². The lowest BCUT2D eigenvalue weighted by Crippen LogP contribution is -2.35. The molecule has 4 nitrogen and oxygen atoms in total. The zero-order valence-corrected chi connectivity index (χ0v) is 21.6. The Hall–Kier alpha value is -3.32. The van der Waals surface area contributed by atoms with Crippen LogP contribution < -0.4 is 10.2 Å². The van der Waals surface area contributed by atoms with Gasteiger partial charge in [0, 0.05) is 31.4 Å². The number of aryl methyl sites for hydroxylation is 1. The molecule has 2 aromatic rings. The Balaban J connectivity index is 1.96. The van der Waals surface area contributed by atoms with Crippen LogP contribution in [0.15, 0.2) is 54.1 Å². The van der Waals surface area contributed by atoms with Gasteiger partial charge in [-0.2, -0.15) is 5.26 Å². The van der Waals surface area contributed by atoms with E-state index in [-0.39, 0.29) is 6.04 Å². The molecule has 2 aromatic carbocycles. The van der Waals surface area contributed by atoms with Gasteiger partial charge in [0.1, 0.15) is 5.84 Å². The molecule has 178 valence electrons. The van der Waals surface area contributed by atoms with Crippen LogP contribution in [0.25, 0.3) is 5.57 Å². The Labute approximate surface area is 205 Å². The first kappa shape index (κ1) is 25.3. The minimum Gasteiger partial charge on any atom is -0.371 e. The maximum Gasteiger partial charge on any atom is 0.129 e. The first-order valence-electron chi connectivity index (χ1n) is 12.1. The van der Waals surface area contributed by atoms with E-state index < -0.39 is 0 Å². The van der Waals surface area contributed by atoms with Gasteiger partial charge in [0.15, 0.2) is 0 Å². The van der Waals surface area contributed by atoms with Gasteiger partial charge in [-0.05, 0) is 93.8 Å². The Morgan fingerprint density at radius 2 is 1.82 bits per heavy atom. The van der Waals surface area contributed by atoms with Crippen LogP contribution >= 0.6 is 0 Å². The fourth-order valence-electron chi connectivity index (χ4n) is 4.99. The zero-order valence-electron chi connectivity index (χ0n) is 21.6. The van der Waals surface area contributed by atoms with Gasteiger partial charge in [-0.25, -0.2) is 0 Å². The molecule has 0 amide bonds.